The van der Waals surface area contributed by atoms with Crippen LogP contribution < -0.4 is 5.32 Å². The van der Waals surface area contributed by atoms with E-state index in [1.807, 2.05) is 0 Å². The molecule has 1 rings (SSSR count). The first-order chi connectivity index (χ1) is 6.63. The van der Waals surface area contributed by atoms with Crippen LogP contribution in [0, 0.1) is 13.8 Å². The minimum atomic E-state index is 0.0632. The molecule has 0 fully saturated rings. The van der Waals surface area contributed by atoms with E-state index in [0.29, 0.717) is 5.75 Å². The van der Waals surface area contributed by atoms with Crippen molar-refractivity contribution in [2.24, 2.45) is 0 Å². The minimum absolute atomic E-state index is 0.0632. The van der Waals surface area contributed by atoms with Gasteiger partial charge in [-0.2, -0.15) is 0 Å². The number of aryl methyl sites for hydroxylation is 2. The normalized spacial score (nSPS) is 9.93. The van der Waals surface area contributed by atoms with Gasteiger partial charge in [-0.1, -0.05) is 6.07 Å². The van der Waals surface area contributed by atoms with Crippen molar-refractivity contribution in [3.63, 3.8) is 0 Å². The molecule has 0 aliphatic heterocycles. The third-order valence-electron chi connectivity index (χ3n) is 2.13. The van der Waals surface area contributed by atoms with E-state index in [0.717, 1.165) is 4.90 Å². The van der Waals surface area contributed by atoms with E-state index >= 15 is 0 Å². The second kappa shape index (κ2) is 5.05. The summed E-state index contributed by atoms with van der Waals surface area (Å²) in [4.78, 5) is 12.2. The maximum absolute atomic E-state index is 11.0. The van der Waals surface area contributed by atoms with E-state index in [1.165, 1.54) is 11.1 Å². The van der Waals surface area contributed by atoms with Crippen molar-refractivity contribution in [3.8, 4) is 0 Å². The predicted octanol–water partition coefficient (Wildman–Crippen LogP) is 2.14. The van der Waals surface area contributed by atoms with Gasteiger partial charge in [-0.05, 0) is 37.1 Å². The molecule has 0 spiro atoms. The number of benzene rings is 1. The van der Waals surface area contributed by atoms with E-state index in [-0.39, 0.29) is 5.91 Å². The number of rotatable bonds is 3. The Balaban J connectivity index is 2.60. The van der Waals surface area contributed by atoms with Gasteiger partial charge in [0, 0.05) is 11.9 Å². The zero-order chi connectivity index (χ0) is 10.6. The SMILES string of the molecule is CNC(=O)CSc1ccc(C)c(C)c1. The molecule has 0 unspecified atom stereocenters. The number of hydrogen-bond donors (Lipinski definition) is 1. The monoisotopic (exact) mass is 209 g/mol. The summed E-state index contributed by atoms with van der Waals surface area (Å²) in [6, 6.07) is 6.25. The molecular weight excluding hydrogens is 194 g/mol. The molecule has 76 valence electrons. The molecule has 0 heterocycles. The van der Waals surface area contributed by atoms with Gasteiger partial charge in [0.15, 0.2) is 0 Å². The highest BCUT2D eigenvalue weighted by atomic mass is 32.2. The van der Waals surface area contributed by atoms with Crippen molar-refractivity contribution in [1.29, 1.82) is 0 Å². The zero-order valence-corrected chi connectivity index (χ0v) is 9.57. The summed E-state index contributed by atoms with van der Waals surface area (Å²) in [5.74, 6) is 0.548. The molecule has 0 radical (unpaired) electrons. The summed E-state index contributed by atoms with van der Waals surface area (Å²) in [7, 11) is 1.66. The van der Waals surface area contributed by atoms with Gasteiger partial charge in [-0.15, -0.1) is 11.8 Å². The largest absolute Gasteiger partial charge is 0.358 e. The van der Waals surface area contributed by atoms with Crippen molar-refractivity contribution in [2.45, 2.75) is 18.7 Å². The van der Waals surface area contributed by atoms with Crippen LogP contribution in [0.15, 0.2) is 23.1 Å². The Morgan fingerprint density at radius 3 is 2.64 bits per heavy atom. The van der Waals surface area contributed by atoms with Gasteiger partial charge in [0.1, 0.15) is 0 Å². The third-order valence-corrected chi connectivity index (χ3v) is 3.12. The summed E-state index contributed by atoms with van der Waals surface area (Å²) in [6.45, 7) is 4.17. The van der Waals surface area contributed by atoms with Gasteiger partial charge in [-0.3, -0.25) is 4.79 Å². The average molecular weight is 209 g/mol. The molecule has 1 amide bonds. The molecule has 1 aromatic rings. The first kappa shape index (κ1) is 11.1. The number of nitrogens with one attached hydrogen (secondary N) is 1. The molecule has 0 aliphatic carbocycles. The standard InChI is InChI=1S/C11H15NOS/c1-8-4-5-10(6-9(8)2)14-7-11(13)12-3/h4-6H,7H2,1-3H3,(H,12,13). The molecule has 1 aromatic carbocycles. The summed E-state index contributed by atoms with van der Waals surface area (Å²) in [5.41, 5.74) is 2.56. The highest BCUT2D eigenvalue weighted by Gasteiger charge is 2.01. The van der Waals surface area contributed by atoms with Gasteiger partial charge >= 0.3 is 0 Å². The molecule has 0 saturated heterocycles. The van der Waals surface area contributed by atoms with Crippen LogP contribution in [-0.2, 0) is 4.79 Å². The second-order valence-electron chi connectivity index (χ2n) is 3.21. The van der Waals surface area contributed by atoms with Gasteiger partial charge < -0.3 is 5.32 Å². The maximum atomic E-state index is 11.0. The second-order valence-corrected chi connectivity index (χ2v) is 4.26. The molecule has 0 atom stereocenters. The summed E-state index contributed by atoms with van der Waals surface area (Å²) < 4.78 is 0. The molecule has 14 heavy (non-hydrogen) atoms. The van der Waals surface area contributed by atoms with Crippen molar-refractivity contribution >= 4 is 17.7 Å². The fraction of sp³-hybridized carbons (Fsp3) is 0.364. The van der Waals surface area contributed by atoms with Crippen LogP contribution in [0.3, 0.4) is 0 Å². The summed E-state index contributed by atoms with van der Waals surface area (Å²) >= 11 is 1.56. The summed E-state index contributed by atoms with van der Waals surface area (Å²) in [5, 5.41) is 2.60. The van der Waals surface area contributed by atoms with Crippen LogP contribution in [0.2, 0.25) is 0 Å². The Labute approximate surface area is 89.1 Å². The Bertz CT molecular complexity index is 336. The van der Waals surface area contributed by atoms with E-state index < -0.39 is 0 Å². The Kier molecular flexibility index (Phi) is 4.01. The summed E-state index contributed by atoms with van der Waals surface area (Å²) in [6.07, 6.45) is 0. The van der Waals surface area contributed by atoms with Crippen molar-refractivity contribution in [1.82, 2.24) is 5.32 Å². The van der Waals surface area contributed by atoms with Crippen LogP contribution in [-0.4, -0.2) is 18.7 Å². The Hall–Kier alpha value is -0.960. The fourth-order valence-electron chi connectivity index (χ4n) is 1.02. The fourth-order valence-corrected chi connectivity index (χ4v) is 1.89. The topological polar surface area (TPSA) is 29.1 Å². The lowest BCUT2D eigenvalue weighted by Gasteiger charge is -2.04. The van der Waals surface area contributed by atoms with Crippen LogP contribution >= 0.6 is 11.8 Å². The number of amides is 1. The smallest absolute Gasteiger partial charge is 0.230 e. The molecule has 0 aliphatic rings. The third kappa shape index (κ3) is 3.07. The van der Waals surface area contributed by atoms with E-state index in [1.54, 1.807) is 18.8 Å². The minimum Gasteiger partial charge on any atom is -0.358 e. The van der Waals surface area contributed by atoms with Gasteiger partial charge in [0.05, 0.1) is 5.75 Å². The molecule has 0 bridgehead atoms. The van der Waals surface area contributed by atoms with E-state index in [9.17, 15) is 4.79 Å². The lowest BCUT2D eigenvalue weighted by Crippen LogP contribution is -2.19. The molecule has 1 N–H and O–H groups in total. The molecule has 2 nitrogen and oxygen atoms in total. The van der Waals surface area contributed by atoms with E-state index in [2.05, 4.69) is 37.4 Å². The number of carbonyl (C=O) groups excluding carboxylic acids is 1. The molecular formula is C11H15NOS. The highest BCUT2D eigenvalue weighted by molar-refractivity contribution is 8.00. The number of carbonyl (C=O) groups is 1. The number of hydrogen-bond acceptors (Lipinski definition) is 2. The Morgan fingerprint density at radius 1 is 1.36 bits per heavy atom. The van der Waals surface area contributed by atoms with Crippen LogP contribution in [0.1, 0.15) is 11.1 Å². The van der Waals surface area contributed by atoms with Gasteiger partial charge in [0.25, 0.3) is 0 Å². The van der Waals surface area contributed by atoms with Gasteiger partial charge in [0.2, 0.25) is 5.91 Å². The zero-order valence-electron chi connectivity index (χ0n) is 8.76. The average Bonchev–Trinajstić information content (AvgIpc) is 2.19. The first-order valence-corrected chi connectivity index (χ1v) is 5.52. The van der Waals surface area contributed by atoms with Crippen molar-refractivity contribution < 1.29 is 4.79 Å². The number of thioether (sulfide) groups is 1. The maximum Gasteiger partial charge on any atom is 0.230 e. The van der Waals surface area contributed by atoms with E-state index in [4.69, 9.17) is 0 Å². The highest BCUT2D eigenvalue weighted by Crippen LogP contribution is 2.20. The lowest BCUT2D eigenvalue weighted by atomic mass is 10.1. The van der Waals surface area contributed by atoms with Gasteiger partial charge in [-0.25, -0.2) is 0 Å². The van der Waals surface area contributed by atoms with Crippen LogP contribution in [0.25, 0.3) is 0 Å². The first-order valence-electron chi connectivity index (χ1n) is 4.54. The van der Waals surface area contributed by atoms with Crippen molar-refractivity contribution in [2.75, 3.05) is 12.8 Å². The van der Waals surface area contributed by atoms with Crippen molar-refractivity contribution in [3.05, 3.63) is 29.3 Å². The quantitative estimate of drug-likeness (QED) is 0.773. The molecule has 3 heteroatoms. The predicted molar refractivity (Wildman–Crippen MR) is 60.7 cm³/mol. The Morgan fingerprint density at radius 2 is 2.07 bits per heavy atom. The van der Waals surface area contributed by atoms with Crippen LogP contribution in [0.4, 0.5) is 0 Å². The molecule has 0 saturated carbocycles. The lowest BCUT2D eigenvalue weighted by molar-refractivity contribution is -0.118. The van der Waals surface area contributed by atoms with Crippen LogP contribution in [0.5, 0.6) is 0 Å². The molecule has 0 aromatic heterocycles.